The molecule has 1 saturated heterocycles. The molecule has 4 amide bonds. The quantitative estimate of drug-likeness (QED) is 0.783. The van der Waals surface area contributed by atoms with E-state index in [1.807, 2.05) is 42.5 Å². The molecule has 0 bridgehead atoms. The molecule has 2 aromatic carbocycles. The van der Waals surface area contributed by atoms with Crippen LogP contribution in [0.2, 0.25) is 0 Å². The molecule has 2 N–H and O–H groups in total. The van der Waals surface area contributed by atoms with Crippen molar-refractivity contribution < 1.29 is 14.4 Å². The number of benzene rings is 2. The van der Waals surface area contributed by atoms with Crippen LogP contribution in [0.15, 0.2) is 42.5 Å². The molecule has 0 radical (unpaired) electrons. The molecule has 0 aromatic heterocycles. The van der Waals surface area contributed by atoms with Gasteiger partial charge < -0.3 is 10.6 Å². The van der Waals surface area contributed by atoms with Crippen LogP contribution in [0.3, 0.4) is 0 Å². The van der Waals surface area contributed by atoms with Gasteiger partial charge in [0.15, 0.2) is 0 Å². The first-order valence-corrected chi connectivity index (χ1v) is 9.73. The van der Waals surface area contributed by atoms with E-state index in [-0.39, 0.29) is 0 Å². The minimum absolute atomic E-state index is 0.408. The average molecular weight is 390 g/mol. The number of carbonyl (C=O) groups excluding carboxylic acids is 3. The lowest BCUT2D eigenvalue weighted by molar-refractivity contribution is -0.135. The number of hydrogen-bond donors (Lipinski definition) is 2. The summed E-state index contributed by atoms with van der Waals surface area (Å²) < 4.78 is 0. The molecule has 0 unspecified atom stereocenters. The van der Waals surface area contributed by atoms with Gasteiger partial charge in [0.2, 0.25) is 5.91 Å². The van der Waals surface area contributed by atoms with Gasteiger partial charge in [0.05, 0.1) is 6.07 Å². The van der Waals surface area contributed by atoms with E-state index in [0.29, 0.717) is 18.4 Å². The number of nitriles is 1. The second-order valence-electron chi connectivity index (χ2n) is 7.92. The van der Waals surface area contributed by atoms with Crippen LogP contribution in [-0.2, 0) is 15.1 Å². The third-order valence-corrected chi connectivity index (χ3v) is 5.95. The number of nitrogens with zero attached hydrogens (tertiary/aromatic N) is 2. The van der Waals surface area contributed by atoms with Gasteiger partial charge in [0.1, 0.15) is 17.6 Å². The number of imide groups is 1. The van der Waals surface area contributed by atoms with Crippen LogP contribution in [0.25, 0.3) is 10.8 Å². The first kappa shape index (κ1) is 18.9. The van der Waals surface area contributed by atoms with Crippen molar-refractivity contribution in [2.24, 2.45) is 0 Å². The van der Waals surface area contributed by atoms with E-state index in [2.05, 4.69) is 16.7 Å². The summed E-state index contributed by atoms with van der Waals surface area (Å²) in [5.74, 6) is -0.981. The highest BCUT2D eigenvalue weighted by atomic mass is 16.2. The standard InChI is InChI=1S/C22H22N4O3/c1-21(17-10-6-8-15-7-2-3-9-16(15)17)19(28)26(20(29)25-21)13-18(27)24-22(14-23)11-4-5-12-22/h2-3,6-10H,4-5,11-13H2,1H3,(H,24,27)(H,25,29)/t21-/m0/s1. The Morgan fingerprint density at radius 3 is 2.59 bits per heavy atom. The zero-order chi connectivity index (χ0) is 20.6. The summed E-state index contributed by atoms with van der Waals surface area (Å²) in [6, 6.07) is 14.8. The maximum atomic E-state index is 13.2. The molecule has 1 atom stereocenters. The highest BCUT2D eigenvalue weighted by Crippen LogP contribution is 2.34. The van der Waals surface area contributed by atoms with Crippen molar-refractivity contribution in [3.05, 3.63) is 48.0 Å². The maximum absolute atomic E-state index is 13.2. The zero-order valence-electron chi connectivity index (χ0n) is 16.2. The van der Waals surface area contributed by atoms with Crippen molar-refractivity contribution in [3.8, 4) is 6.07 Å². The van der Waals surface area contributed by atoms with Crippen molar-refractivity contribution in [1.82, 2.24) is 15.5 Å². The molecular formula is C22H22N4O3. The predicted octanol–water partition coefficient (Wildman–Crippen LogP) is 2.56. The second-order valence-corrected chi connectivity index (χ2v) is 7.92. The molecule has 1 heterocycles. The van der Waals surface area contributed by atoms with Crippen LogP contribution in [0.1, 0.15) is 38.2 Å². The predicted molar refractivity (Wildman–Crippen MR) is 106 cm³/mol. The lowest BCUT2D eigenvalue weighted by atomic mass is 9.88. The molecule has 4 rings (SSSR count). The van der Waals surface area contributed by atoms with Gasteiger partial charge in [-0.1, -0.05) is 42.5 Å². The highest BCUT2D eigenvalue weighted by molar-refractivity contribution is 6.10. The Hall–Kier alpha value is -3.40. The largest absolute Gasteiger partial charge is 0.336 e. The number of rotatable bonds is 4. The van der Waals surface area contributed by atoms with E-state index in [1.54, 1.807) is 6.92 Å². The summed E-state index contributed by atoms with van der Waals surface area (Å²) >= 11 is 0. The fourth-order valence-corrected chi connectivity index (χ4v) is 4.38. The van der Waals surface area contributed by atoms with Crippen molar-refractivity contribution in [2.45, 2.75) is 43.7 Å². The summed E-state index contributed by atoms with van der Waals surface area (Å²) in [4.78, 5) is 39.2. The Morgan fingerprint density at radius 2 is 1.86 bits per heavy atom. The molecule has 2 aliphatic rings. The van der Waals surface area contributed by atoms with E-state index in [9.17, 15) is 19.6 Å². The van der Waals surface area contributed by atoms with Gasteiger partial charge in [-0.25, -0.2) is 4.79 Å². The molecule has 0 spiro atoms. The van der Waals surface area contributed by atoms with E-state index in [4.69, 9.17) is 0 Å². The summed E-state index contributed by atoms with van der Waals surface area (Å²) in [7, 11) is 0. The monoisotopic (exact) mass is 390 g/mol. The topological polar surface area (TPSA) is 102 Å². The number of urea groups is 1. The fraction of sp³-hybridized carbons (Fsp3) is 0.364. The molecule has 7 nitrogen and oxygen atoms in total. The van der Waals surface area contributed by atoms with Crippen molar-refractivity contribution in [2.75, 3.05) is 6.54 Å². The van der Waals surface area contributed by atoms with Gasteiger partial charge in [0, 0.05) is 0 Å². The Morgan fingerprint density at radius 1 is 1.17 bits per heavy atom. The van der Waals surface area contributed by atoms with E-state index in [0.717, 1.165) is 28.5 Å². The normalized spacial score (nSPS) is 23.1. The smallest absolute Gasteiger partial charge is 0.325 e. The lowest BCUT2D eigenvalue weighted by Gasteiger charge is -2.25. The number of carbonyl (C=O) groups is 3. The van der Waals surface area contributed by atoms with Gasteiger partial charge in [-0.3, -0.25) is 14.5 Å². The summed E-state index contributed by atoms with van der Waals surface area (Å²) in [6.07, 6.45) is 2.92. The third kappa shape index (κ3) is 3.11. The van der Waals surface area contributed by atoms with Crippen LogP contribution < -0.4 is 10.6 Å². The van der Waals surface area contributed by atoms with Gasteiger partial charge in [0.25, 0.3) is 5.91 Å². The van der Waals surface area contributed by atoms with Crippen LogP contribution in [0, 0.1) is 11.3 Å². The lowest BCUT2D eigenvalue weighted by Crippen LogP contribution is -2.50. The van der Waals surface area contributed by atoms with Crippen LogP contribution in [-0.4, -0.2) is 34.8 Å². The van der Waals surface area contributed by atoms with Gasteiger partial charge in [-0.2, -0.15) is 5.26 Å². The third-order valence-electron chi connectivity index (χ3n) is 5.95. The maximum Gasteiger partial charge on any atom is 0.325 e. The minimum atomic E-state index is -1.27. The van der Waals surface area contributed by atoms with Crippen molar-refractivity contribution in [3.63, 3.8) is 0 Å². The molecule has 1 saturated carbocycles. The molecule has 148 valence electrons. The molecule has 1 aliphatic heterocycles. The van der Waals surface area contributed by atoms with Crippen molar-refractivity contribution >= 4 is 28.6 Å². The van der Waals surface area contributed by atoms with Crippen LogP contribution >= 0.6 is 0 Å². The number of fused-ring (bicyclic) bond motifs is 1. The second kappa shape index (κ2) is 6.89. The number of hydrogen-bond acceptors (Lipinski definition) is 4. The van der Waals surface area contributed by atoms with E-state index >= 15 is 0 Å². The fourth-order valence-electron chi connectivity index (χ4n) is 4.38. The van der Waals surface area contributed by atoms with E-state index < -0.39 is 35.5 Å². The Kier molecular flexibility index (Phi) is 4.50. The van der Waals surface area contributed by atoms with Gasteiger partial charge >= 0.3 is 6.03 Å². The average Bonchev–Trinajstić information content (AvgIpc) is 3.27. The Bertz CT molecular complexity index is 1050. The van der Waals surface area contributed by atoms with Crippen LogP contribution in [0.4, 0.5) is 4.79 Å². The summed E-state index contributed by atoms with van der Waals surface area (Å²) in [6.45, 7) is 1.25. The SMILES string of the molecule is C[C@@]1(c2cccc3ccccc23)NC(=O)N(CC(=O)NC2(C#N)CCCC2)C1=O. The molecular weight excluding hydrogens is 368 g/mol. The Balaban J connectivity index is 1.59. The van der Waals surface area contributed by atoms with Crippen molar-refractivity contribution in [1.29, 1.82) is 5.26 Å². The summed E-state index contributed by atoms with van der Waals surface area (Å²) in [5.41, 5.74) is -1.48. The summed E-state index contributed by atoms with van der Waals surface area (Å²) in [5, 5.41) is 16.8. The Labute approximate surface area is 168 Å². The minimum Gasteiger partial charge on any atom is -0.336 e. The molecule has 1 aliphatic carbocycles. The van der Waals surface area contributed by atoms with Crippen LogP contribution in [0.5, 0.6) is 0 Å². The zero-order valence-corrected chi connectivity index (χ0v) is 16.2. The van der Waals surface area contributed by atoms with Gasteiger partial charge in [-0.05, 0) is 48.9 Å². The molecule has 29 heavy (non-hydrogen) atoms. The molecule has 2 fully saturated rings. The number of nitrogens with one attached hydrogen (secondary N) is 2. The molecule has 2 aromatic rings. The van der Waals surface area contributed by atoms with Gasteiger partial charge in [-0.15, -0.1) is 0 Å². The number of amides is 4. The highest BCUT2D eigenvalue weighted by Gasteiger charge is 2.50. The van der Waals surface area contributed by atoms with E-state index in [1.165, 1.54) is 0 Å². The first-order valence-electron chi connectivity index (χ1n) is 9.73. The molecule has 7 heteroatoms. The first-order chi connectivity index (χ1) is 13.9.